The first kappa shape index (κ1) is 13.2. The normalized spacial score (nSPS) is 11.9. The lowest BCUT2D eigenvalue weighted by atomic mass is 9.96. The zero-order chi connectivity index (χ0) is 12.8. The molecule has 1 rings (SSSR count). The van der Waals surface area contributed by atoms with E-state index < -0.39 is 12.0 Å². The summed E-state index contributed by atoms with van der Waals surface area (Å²) < 4.78 is 0. The number of carbonyl (C=O) groups is 2. The van der Waals surface area contributed by atoms with Crippen LogP contribution in [0.3, 0.4) is 0 Å². The van der Waals surface area contributed by atoms with Gasteiger partial charge in [0.1, 0.15) is 0 Å². The zero-order valence-corrected chi connectivity index (χ0v) is 10.1. The summed E-state index contributed by atoms with van der Waals surface area (Å²) in [6.45, 7) is 3.40. The lowest BCUT2D eigenvalue weighted by Gasteiger charge is -2.19. The molecule has 1 aromatic carbocycles. The minimum atomic E-state index is -0.922. The van der Waals surface area contributed by atoms with Crippen molar-refractivity contribution >= 4 is 11.9 Å². The second-order valence-electron chi connectivity index (χ2n) is 3.90. The molecule has 0 bridgehead atoms. The molecule has 0 aliphatic rings. The van der Waals surface area contributed by atoms with Gasteiger partial charge < -0.3 is 10.4 Å². The molecule has 0 aromatic heterocycles. The Kier molecular flexibility index (Phi) is 4.69. The van der Waals surface area contributed by atoms with Gasteiger partial charge in [0, 0.05) is 6.92 Å². The van der Waals surface area contributed by atoms with Gasteiger partial charge in [-0.25, -0.2) is 0 Å². The van der Waals surface area contributed by atoms with Gasteiger partial charge in [0.2, 0.25) is 5.91 Å². The van der Waals surface area contributed by atoms with Gasteiger partial charge in [-0.15, -0.1) is 0 Å². The number of carbonyl (C=O) groups excluding carboxylic acids is 1. The number of carboxylic acid groups (broad SMARTS) is 1. The van der Waals surface area contributed by atoms with E-state index in [1.54, 1.807) is 0 Å². The van der Waals surface area contributed by atoms with Gasteiger partial charge in [0.05, 0.1) is 12.5 Å². The van der Waals surface area contributed by atoms with Crippen molar-refractivity contribution in [1.82, 2.24) is 5.32 Å². The van der Waals surface area contributed by atoms with Gasteiger partial charge in [-0.1, -0.05) is 31.2 Å². The average Bonchev–Trinajstić information content (AvgIpc) is 2.27. The lowest BCUT2D eigenvalue weighted by Crippen LogP contribution is -2.28. The highest BCUT2D eigenvalue weighted by molar-refractivity contribution is 5.75. The third kappa shape index (κ3) is 3.90. The van der Waals surface area contributed by atoms with Gasteiger partial charge >= 0.3 is 5.97 Å². The lowest BCUT2D eigenvalue weighted by molar-refractivity contribution is -0.137. The van der Waals surface area contributed by atoms with E-state index in [0.717, 1.165) is 17.5 Å². The molecule has 1 unspecified atom stereocenters. The smallest absolute Gasteiger partial charge is 0.305 e. The van der Waals surface area contributed by atoms with Crippen LogP contribution >= 0.6 is 0 Å². The van der Waals surface area contributed by atoms with Crippen LogP contribution in [0.15, 0.2) is 24.3 Å². The molecule has 0 heterocycles. The molecule has 0 saturated heterocycles. The minimum absolute atomic E-state index is 0.101. The summed E-state index contributed by atoms with van der Waals surface area (Å²) in [6.07, 6.45) is 0.711. The van der Waals surface area contributed by atoms with Crippen LogP contribution in [0.4, 0.5) is 0 Å². The number of hydrogen-bond acceptors (Lipinski definition) is 2. The molecule has 4 nitrogen and oxygen atoms in total. The van der Waals surface area contributed by atoms with E-state index in [1.807, 2.05) is 31.2 Å². The van der Waals surface area contributed by atoms with Crippen LogP contribution in [0.2, 0.25) is 0 Å². The Hall–Kier alpha value is -1.84. The molecule has 92 valence electrons. The monoisotopic (exact) mass is 235 g/mol. The van der Waals surface area contributed by atoms with Crippen molar-refractivity contribution in [3.63, 3.8) is 0 Å². The Bertz CT molecular complexity index is 399. The van der Waals surface area contributed by atoms with E-state index in [4.69, 9.17) is 5.11 Å². The Morgan fingerprint density at radius 2 is 2.00 bits per heavy atom. The quantitative estimate of drug-likeness (QED) is 0.819. The van der Waals surface area contributed by atoms with Crippen molar-refractivity contribution in [3.05, 3.63) is 35.4 Å². The number of benzene rings is 1. The van der Waals surface area contributed by atoms with Crippen LogP contribution in [0.1, 0.15) is 37.4 Å². The van der Waals surface area contributed by atoms with Crippen molar-refractivity contribution in [2.45, 2.75) is 32.7 Å². The minimum Gasteiger partial charge on any atom is -0.481 e. The number of aryl methyl sites for hydroxylation is 1. The molecule has 0 aliphatic heterocycles. The summed E-state index contributed by atoms with van der Waals surface area (Å²) in [5.74, 6) is -1.14. The largest absolute Gasteiger partial charge is 0.481 e. The van der Waals surface area contributed by atoms with Crippen molar-refractivity contribution < 1.29 is 14.7 Å². The van der Waals surface area contributed by atoms with E-state index >= 15 is 0 Å². The van der Waals surface area contributed by atoms with Crippen LogP contribution in [0, 0.1) is 0 Å². The first-order valence-corrected chi connectivity index (χ1v) is 5.61. The van der Waals surface area contributed by atoms with Crippen molar-refractivity contribution in [2.75, 3.05) is 0 Å². The predicted molar refractivity (Wildman–Crippen MR) is 64.6 cm³/mol. The number of carboxylic acids is 1. The number of hydrogen-bond donors (Lipinski definition) is 2. The van der Waals surface area contributed by atoms with Crippen molar-refractivity contribution in [2.24, 2.45) is 0 Å². The van der Waals surface area contributed by atoms with Crippen LogP contribution < -0.4 is 5.32 Å². The van der Waals surface area contributed by atoms with Gasteiger partial charge in [0.25, 0.3) is 0 Å². The van der Waals surface area contributed by atoms with E-state index in [0.29, 0.717) is 0 Å². The third-order valence-electron chi connectivity index (χ3n) is 2.57. The first-order chi connectivity index (χ1) is 8.04. The van der Waals surface area contributed by atoms with Crippen LogP contribution in [0.5, 0.6) is 0 Å². The second-order valence-corrected chi connectivity index (χ2v) is 3.90. The maximum Gasteiger partial charge on any atom is 0.305 e. The maximum absolute atomic E-state index is 11.1. The number of nitrogens with one attached hydrogen (secondary N) is 1. The average molecular weight is 235 g/mol. The molecular weight excluding hydrogens is 218 g/mol. The maximum atomic E-state index is 11.1. The molecular formula is C13H17NO3. The fourth-order valence-corrected chi connectivity index (χ4v) is 1.85. The highest BCUT2D eigenvalue weighted by Gasteiger charge is 2.18. The summed E-state index contributed by atoms with van der Waals surface area (Å²) in [5, 5.41) is 11.6. The number of amides is 1. The molecule has 0 fully saturated rings. The Labute approximate surface area is 101 Å². The summed E-state index contributed by atoms with van der Waals surface area (Å²) in [5.41, 5.74) is 1.94. The number of aliphatic carboxylic acids is 1. The Balaban J connectivity index is 3.02. The standard InChI is InChI=1S/C13H17NO3/c1-3-10-6-4-5-7-11(10)12(8-13(16)17)14-9(2)15/h4-7,12H,3,8H2,1-2H3,(H,14,15)(H,16,17). The fourth-order valence-electron chi connectivity index (χ4n) is 1.85. The molecule has 0 saturated carbocycles. The van der Waals surface area contributed by atoms with E-state index in [2.05, 4.69) is 5.32 Å². The summed E-state index contributed by atoms with van der Waals surface area (Å²) >= 11 is 0. The van der Waals surface area contributed by atoms with Gasteiger partial charge in [-0.05, 0) is 17.5 Å². The highest BCUT2D eigenvalue weighted by atomic mass is 16.4. The van der Waals surface area contributed by atoms with Gasteiger partial charge in [-0.3, -0.25) is 9.59 Å². The Morgan fingerprint density at radius 1 is 1.35 bits per heavy atom. The molecule has 2 N–H and O–H groups in total. The molecule has 0 radical (unpaired) electrons. The molecule has 4 heteroatoms. The second kappa shape index (κ2) is 6.03. The molecule has 1 amide bonds. The predicted octanol–water partition coefficient (Wildman–Crippen LogP) is 1.90. The van der Waals surface area contributed by atoms with Gasteiger partial charge in [-0.2, -0.15) is 0 Å². The molecule has 17 heavy (non-hydrogen) atoms. The third-order valence-corrected chi connectivity index (χ3v) is 2.57. The summed E-state index contributed by atoms with van der Waals surface area (Å²) in [6, 6.07) is 7.12. The summed E-state index contributed by atoms with van der Waals surface area (Å²) in [4.78, 5) is 21.9. The first-order valence-electron chi connectivity index (χ1n) is 5.61. The molecule has 0 spiro atoms. The topological polar surface area (TPSA) is 66.4 Å². The van der Waals surface area contributed by atoms with Crippen molar-refractivity contribution in [3.8, 4) is 0 Å². The zero-order valence-electron chi connectivity index (χ0n) is 10.1. The highest BCUT2D eigenvalue weighted by Crippen LogP contribution is 2.21. The molecule has 1 atom stereocenters. The van der Waals surface area contributed by atoms with E-state index in [9.17, 15) is 9.59 Å². The van der Waals surface area contributed by atoms with E-state index in [-0.39, 0.29) is 12.3 Å². The molecule has 1 aromatic rings. The Morgan fingerprint density at radius 3 is 2.53 bits per heavy atom. The van der Waals surface area contributed by atoms with E-state index in [1.165, 1.54) is 6.92 Å². The van der Waals surface area contributed by atoms with Crippen LogP contribution in [0.25, 0.3) is 0 Å². The summed E-state index contributed by atoms with van der Waals surface area (Å²) in [7, 11) is 0. The van der Waals surface area contributed by atoms with Crippen molar-refractivity contribution in [1.29, 1.82) is 0 Å². The van der Waals surface area contributed by atoms with Gasteiger partial charge in [0.15, 0.2) is 0 Å². The SMILES string of the molecule is CCc1ccccc1C(CC(=O)O)NC(C)=O. The fraction of sp³-hybridized carbons (Fsp3) is 0.385. The number of rotatable bonds is 5. The van der Waals surface area contributed by atoms with Crippen LogP contribution in [-0.4, -0.2) is 17.0 Å². The molecule has 0 aliphatic carbocycles. The van der Waals surface area contributed by atoms with Crippen LogP contribution in [-0.2, 0) is 16.0 Å².